The zero-order valence-corrected chi connectivity index (χ0v) is 22.9. The molecule has 0 N–H and O–H groups in total. The standard InChI is InChI=1S/C22H24Si.C14H12/c1-23(2,21-16-10-5-11-17-21)18-22(19-12-6-3-7-13-19)20-14-8-4-9-15-20;1-12(13-8-4-2-5-9-13)14-10-6-3-7-11-14/h3-17,22H,18H2,1-2H3;2-11H,1H2. The van der Waals surface area contributed by atoms with Gasteiger partial charge in [-0.15, -0.1) is 0 Å². The molecule has 0 saturated heterocycles. The molecule has 0 heterocycles. The molecule has 5 aromatic rings. The van der Waals surface area contributed by atoms with E-state index in [1.807, 2.05) is 36.4 Å². The SMILES string of the molecule is C=C(c1ccccc1)c1ccccc1.C[Si](C)(CC(c1ccccc1)c1ccccc1)c1ccccc1. The van der Waals surface area contributed by atoms with Gasteiger partial charge in [0, 0.05) is 5.92 Å². The van der Waals surface area contributed by atoms with Crippen LogP contribution >= 0.6 is 0 Å². The molecule has 1 heteroatoms. The van der Waals surface area contributed by atoms with Crippen LogP contribution < -0.4 is 5.19 Å². The summed E-state index contributed by atoms with van der Waals surface area (Å²) in [6, 6.07) is 54.7. The summed E-state index contributed by atoms with van der Waals surface area (Å²) < 4.78 is 0. The lowest BCUT2D eigenvalue weighted by Crippen LogP contribution is -2.42. The lowest BCUT2D eigenvalue weighted by Gasteiger charge is -2.29. The molecule has 0 aromatic heterocycles. The maximum absolute atomic E-state index is 4.10. The van der Waals surface area contributed by atoms with Crippen LogP contribution in [0.1, 0.15) is 28.2 Å². The van der Waals surface area contributed by atoms with Gasteiger partial charge in [-0.3, -0.25) is 0 Å². The highest BCUT2D eigenvalue weighted by atomic mass is 28.3. The van der Waals surface area contributed by atoms with E-state index < -0.39 is 8.07 Å². The molecule has 0 nitrogen and oxygen atoms in total. The minimum atomic E-state index is -1.51. The normalized spacial score (nSPS) is 10.9. The second-order valence-corrected chi connectivity index (χ2v) is 14.8. The van der Waals surface area contributed by atoms with Crippen molar-refractivity contribution in [3.63, 3.8) is 0 Å². The van der Waals surface area contributed by atoms with Gasteiger partial charge in [0.2, 0.25) is 0 Å². The molecule has 37 heavy (non-hydrogen) atoms. The monoisotopic (exact) mass is 496 g/mol. The van der Waals surface area contributed by atoms with Crippen molar-refractivity contribution in [2.75, 3.05) is 0 Å². The van der Waals surface area contributed by atoms with Crippen molar-refractivity contribution in [2.24, 2.45) is 0 Å². The molecule has 0 saturated carbocycles. The van der Waals surface area contributed by atoms with Gasteiger partial charge in [-0.2, -0.15) is 0 Å². The van der Waals surface area contributed by atoms with E-state index >= 15 is 0 Å². The van der Waals surface area contributed by atoms with Crippen LogP contribution in [-0.4, -0.2) is 8.07 Å². The molecule has 0 bridgehead atoms. The molecule has 0 unspecified atom stereocenters. The summed E-state index contributed by atoms with van der Waals surface area (Å²) >= 11 is 0. The van der Waals surface area contributed by atoms with Crippen molar-refractivity contribution in [3.05, 3.63) is 180 Å². The van der Waals surface area contributed by atoms with Crippen molar-refractivity contribution in [1.29, 1.82) is 0 Å². The van der Waals surface area contributed by atoms with E-state index in [0.29, 0.717) is 5.92 Å². The van der Waals surface area contributed by atoms with Gasteiger partial charge >= 0.3 is 0 Å². The third kappa shape index (κ3) is 7.28. The van der Waals surface area contributed by atoms with Gasteiger partial charge in [-0.25, -0.2) is 0 Å². The summed E-state index contributed by atoms with van der Waals surface area (Å²) in [6.07, 6.45) is 0. The fourth-order valence-corrected chi connectivity index (χ4v) is 7.58. The summed E-state index contributed by atoms with van der Waals surface area (Å²) in [5.74, 6) is 0.472. The largest absolute Gasteiger partial charge is 0.0906 e. The second-order valence-electron chi connectivity index (χ2n) is 10.0. The first kappa shape index (κ1) is 26.1. The summed E-state index contributed by atoms with van der Waals surface area (Å²) in [6.45, 7) is 9.07. The quantitative estimate of drug-likeness (QED) is 0.197. The van der Waals surface area contributed by atoms with Crippen LogP contribution in [0.4, 0.5) is 0 Å². The molecule has 0 aliphatic heterocycles. The summed E-state index contributed by atoms with van der Waals surface area (Å²) in [4.78, 5) is 0. The lowest BCUT2D eigenvalue weighted by atomic mass is 9.93. The zero-order chi connectivity index (χ0) is 25.9. The van der Waals surface area contributed by atoms with Crippen molar-refractivity contribution in [3.8, 4) is 0 Å². The minimum Gasteiger partial charge on any atom is -0.0906 e. The molecule has 0 radical (unpaired) electrons. The smallest absolute Gasteiger partial charge is 0.0815 e. The predicted octanol–water partition coefficient (Wildman–Crippen LogP) is 9.18. The van der Waals surface area contributed by atoms with Gasteiger partial charge in [0.1, 0.15) is 0 Å². The molecule has 0 atom stereocenters. The molecule has 0 aliphatic rings. The predicted molar refractivity (Wildman–Crippen MR) is 164 cm³/mol. The van der Waals surface area contributed by atoms with Gasteiger partial charge < -0.3 is 0 Å². The Morgan fingerprint density at radius 2 is 0.838 bits per heavy atom. The second kappa shape index (κ2) is 12.8. The molecular formula is C36H36Si. The average molecular weight is 497 g/mol. The first-order chi connectivity index (χ1) is 18.0. The van der Waals surface area contributed by atoms with Crippen LogP contribution in [0.5, 0.6) is 0 Å². The molecule has 0 amide bonds. The number of hydrogen-bond donors (Lipinski definition) is 0. The van der Waals surface area contributed by atoms with Crippen LogP contribution in [-0.2, 0) is 0 Å². The Bertz CT molecular complexity index is 1260. The molecule has 5 rings (SSSR count). The fourth-order valence-electron chi connectivity index (χ4n) is 4.76. The molecular weight excluding hydrogens is 460 g/mol. The zero-order valence-electron chi connectivity index (χ0n) is 21.9. The Kier molecular flexibility index (Phi) is 9.07. The topological polar surface area (TPSA) is 0 Å². The van der Waals surface area contributed by atoms with Crippen LogP contribution in [0, 0.1) is 0 Å². The molecule has 0 spiro atoms. The number of benzene rings is 5. The third-order valence-corrected chi connectivity index (χ3v) is 10.2. The van der Waals surface area contributed by atoms with E-state index in [9.17, 15) is 0 Å². The number of hydrogen-bond acceptors (Lipinski definition) is 0. The average Bonchev–Trinajstić information content (AvgIpc) is 2.98. The Morgan fingerprint density at radius 1 is 0.514 bits per heavy atom. The number of rotatable bonds is 7. The van der Waals surface area contributed by atoms with Crippen molar-refractivity contribution in [1.82, 2.24) is 0 Å². The summed E-state index contributed by atoms with van der Waals surface area (Å²) in [7, 11) is -1.51. The van der Waals surface area contributed by atoms with Crippen LogP contribution in [0.3, 0.4) is 0 Å². The Labute approximate surface area is 224 Å². The Morgan fingerprint density at radius 3 is 1.22 bits per heavy atom. The van der Waals surface area contributed by atoms with Gasteiger partial charge in [0.05, 0.1) is 8.07 Å². The van der Waals surface area contributed by atoms with Gasteiger partial charge in [0.15, 0.2) is 0 Å². The maximum Gasteiger partial charge on any atom is 0.0815 e. The summed E-state index contributed by atoms with van der Waals surface area (Å²) in [5, 5.41) is 1.54. The highest BCUT2D eigenvalue weighted by Crippen LogP contribution is 2.33. The van der Waals surface area contributed by atoms with Crippen molar-refractivity contribution in [2.45, 2.75) is 25.1 Å². The lowest BCUT2D eigenvalue weighted by molar-refractivity contribution is 0.901. The molecule has 184 valence electrons. The first-order valence-corrected chi connectivity index (χ1v) is 16.2. The van der Waals surface area contributed by atoms with E-state index in [-0.39, 0.29) is 0 Å². The molecule has 0 fully saturated rings. The van der Waals surface area contributed by atoms with E-state index in [1.54, 1.807) is 0 Å². The van der Waals surface area contributed by atoms with Gasteiger partial charge in [-0.05, 0) is 33.9 Å². The van der Waals surface area contributed by atoms with Crippen molar-refractivity contribution >= 4 is 18.8 Å². The highest BCUT2D eigenvalue weighted by molar-refractivity contribution is 6.89. The third-order valence-electron chi connectivity index (χ3n) is 6.92. The Hall–Kier alpha value is -3.94. The molecule has 0 aliphatic carbocycles. The van der Waals surface area contributed by atoms with E-state index in [2.05, 4.69) is 135 Å². The van der Waals surface area contributed by atoms with Gasteiger partial charge in [0.25, 0.3) is 0 Å². The van der Waals surface area contributed by atoms with Crippen LogP contribution in [0.25, 0.3) is 5.57 Å². The van der Waals surface area contributed by atoms with E-state index in [1.165, 1.54) is 33.5 Å². The minimum absolute atomic E-state index is 0.472. The first-order valence-electron chi connectivity index (χ1n) is 13.0. The van der Waals surface area contributed by atoms with Crippen LogP contribution in [0.15, 0.2) is 158 Å². The fraction of sp³-hybridized carbons (Fsp3) is 0.111. The van der Waals surface area contributed by atoms with E-state index in [0.717, 1.165) is 5.57 Å². The van der Waals surface area contributed by atoms with Crippen molar-refractivity contribution < 1.29 is 0 Å². The maximum atomic E-state index is 4.10. The Balaban J connectivity index is 0.000000195. The summed E-state index contributed by atoms with van der Waals surface area (Å²) in [5.41, 5.74) is 6.29. The highest BCUT2D eigenvalue weighted by Gasteiger charge is 2.29. The molecule has 5 aromatic carbocycles. The van der Waals surface area contributed by atoms with E-state index in [4.69, 9.17) is 0 Å². The van der Waals surface area contributed by atoms with Crippen LogP contribution in [0.2, 0.25) is 19.1 Å². The van der Waals surface area contributed by atoms with Gasteiger partial charge in [-0.1, -0.05) is 177 Å².